The van der Waals surface area contributed by atoms with Gasteiger partial charge in [-0.2, -0.15) is 16.9 Å². The van der Waals surface area contributed by atoms with Gasteiger partial charge in [0.1, 0.15) is 0 Å². The van der Waals surface area contributed by atoms with Gasteiger partial charge in [0, 0.05) is 80.7 Å². The zero-order chi connectivity index (χ0) is 21.2. The van der Waals surface area contributed by atoms with E-state index in [4.69, 9.17) is 5.10 Å². The van der Waals surface area contributed by atoms with Crippen LogP contribution in [0.5, 0.6) is 0 Å². The van der Waals surface area contributed by atoms with Gasteiger partial charge in [-0.3, -0.25) is 19.3 Å². The van der Waals surface area contributed by atoms with Crippen molar-refractivity contribution in [3.63, 3.8) is 0 Å². The number of aryl methyl sites for hydroxylation is 1. The van der Waals surface area contributed by atoms with Crippen molar-refractivity contribution in [2.24, 2.45) is 0 Å². The van der Waals surface area contributed by atoms with Crippen LogP contribution in [0.3, 0.4) is 0 Å². The molecule has 0 N–H and O–H groups in total. The number of amides is 1. The van der Waals surface area contributed by atoms with Gasteiger partial charge in [-0.25, -0.2) is 0 Å². The Labute approximate surface area is 191 Å². The third-order valence-corrected chi connectivity index (χ3v) is 8.91. The normalized spacial score (nSPS) is 26.4. The minimum absolute atomic E-state index is 0.179. The number of nitrogens with zero attached hydrogens (tertiary/aromatic N) is 5. The Balaban J connectivity index is 1.29. The van der Waals surface area contributed by atoms with E-state index in [1.54, 1.807) is 0 Å². The molecule has 2 aliphatic heterocycles. The first-order valence-corrected chi connectivity index (χ1v) is 13.8. The molecule has 4 aliphatic rings. The molecule has 6 nitrogen and oxygen atoms in total. The Morgan fingerprint density at radius 2 is 1.65 bits per heavy atom. The molecule has 1 atom stereocenters. The third kappa shape index (κ3) is 4.55. The molecule has 172 valence electrons. The molecule has 1 unspecified atom stereocenters. The Morgan fingerprint density at radius 3 is 2.32 bits per heavy atom. The molecule has 5 rings (SSSR count). The summed E-state index contributed by atoms with van der Waals surface area (Å²) >= 11 is 1.95. The van der Waals surface area contributed by atoms with Crippen molar-refractivity contribution < 1.29 is 4.79 Å². The average Bonchev–Trinajstić information content (AvgIpc) is 3.48. The number of rotatable bonds is 5. The monoisotopic (exact) mass is 445 g/mol. The molecule has 0 radical (unpaired) electrons. The summed E-state index contributed by atoms with van der Waals surface area (Å²) in [5.74, 6) is 2.28. The van der Waals surface area contributed by atoms with Gasteiger partial charge < -0.3 is 4.90 Å². The van der Waals surface area contributed by atoms with Crippen LogP contribution in [0.4, 0.5) is 0 Å². The molecule has 1 aromatic heterocycles. The Bertz CT molecular complexity index is 760. The fraction of sp³-hybridized carbons (Fsp3) is 0.833. The Hall–Kier alpha value is -1.05. The minimum Gasteiger partial charge on any atom is -0.336 e. The highest BCUT2D eigenvalue weighted by atomic mass is 32.2. The maximum atomic E-state index is 13.4. The van der Waals surface area contributed by atoms with Crippen molar-refractivity contribution in [1.82, 2.24) is 24.5 Å². The van der Waals surface area contributed by atoms with Crippen molar-refractivity contribution in [2.75, 3.05) is 50.8 Å². The van der Waals surface area contributed by atoms with Crippen LogP contribution in [-0.2, 0) is 19.4 Å². The first-order chi connectivity index (χ1) is 15.2. The number of carbonyl (C=O) groups excluding carboxylic acids is 1. The number of piperazine rings is 1. The van der Waals surface area contributed by atoms with Crippen molar-refractivity contribution >= 4 is 17.7 Å². The van der Waals surface area contributed by atoms with Crippen LogP contribution >= 0.6 is 11.8 Å². The number of carbonyl (C=O) groups is 1. The molecule has 2 aliphatic carbocycles. The number of hydrogen-bond acceptors (Lipinski definition) is 5. The summed E-state index contributed by atoms with van der Waals surface area (Å²) < 4.78 is 2.16. The van der Waals surface area contributed by atoms with Gasteiger partial charge in [0.25, 0.3) is 5.91 Å². The largest absolute Gasteiger partial charge is 0.336 e. The summed E-state index contributed by atoms with van der Waals surface area (Å²) in [6, 6.07) is 1.42. The summed E-state index contributed by atoms with van der Waals surface area (Å²) in [4.78, 5) is 20.9. The van der Waals surface area contributed by atoms with Crippen molar-refractivity contribution in [2.45, 2.75) is 76.9 Å². The number of thioether (sulfide) groups is 1. The maximum absolute atomic E-state index is 13.4. The molecule has 1 amide bonds. The molecule has 0 aromatic carbocycles. The maximum Gasteiger partial charge on any atom is 0.274 e. The van der Waals surface area contributed by atoms with Crippen LogP contribution in [0.25, 0.3) is 0 Å². The molecule has 0 spiro atoms. The van der Waals surface area contributed by atoms with E-state index in [0.717, 1.165) is 62.1 Å². The standard InChI is InChI=1S/C24H39N5OS/c1-2-9-29-22-8-7-20(27-12-10-26(11-13-27)19-5-3-4-6-19)18-21(22)23(25-29)24(30)28-14-16-31-17-15-28/h19-20H,2-18H2,1H3. The zero-order valence-electron chi connectivity index (χ0n) is 19.2. The van der Waals surface area contributed by atoms with Crippen LogP contribution in [0.1, 0.15) is 67.2 Å². The van der Waals surface area contributed by atoms with Crippen molar-refractivity contribution in [3.8, 4) is 0 Å². The van der Waals surface area contributed by atoms with Gasteiger partial charge in [-0.05, 0) is 38.5 Å². The minimum atomic E-state index is 0.179. The fourth-order valence-corrected chi connectivity index (χ4v) is 7.11. The van der Waals surface area contributed by atoms with E-state index in [-0.39, 0.29) is 5.91 Å². The molecule has 2 saturated heterocycles. The van der Waals surface area contributed by atoms with Crippen LogP contribution < -0.4 is 0 Å². The molecule has 1 saturated carbocycles. The van der Waals surface area contributed by atoms with Gasteiger partial charge in [-0.1, -0.05) is 19.8 Å². The molecular weight excluding hydrogens is 406 g/mol. The molecule has 7 heteroatoms. The van der Waals surface area contributed by atoms with Gasteiger partial charge in [0.2, 0.25) is 0 Å². The zero-order valence-corrected chi connectivity index (χ0v) is 20.0. The van der Waals surface area contributed by atoms with E-state index in [1.165, 1.54) is 69.5 Å². The summed E-state index contributed by atoms with van der Waals surface area (Å²) in [6.07, 6.45) is 10.0. The number of fused-ring (bicyclic) bond motifs is 1. The van der Waals surface area contributed by atoms with Crippen LogP contribution in [0.15, 0.2) is 0 Å². The Morgan fingerprint density at radius 1 is 0.968 bits per heavy atom. The summed E-state index contributed by atoms with van der Waals surface area (Å²) in [5.41, 5.74) is 3.38. The van der Waals surface area contributed by atoms with E-state index in [2.05, 4.69) is 21.4 Å². The van der Waals surface area contributed by atoms with Crippen molar-refractivity contribution in [1.29, 1.82) is 0 Å². The predicted octanol–water partition coefficient (Wildman–Crippen LogP) is 2.90. The molecule has 3 heterocycles. The van der Waals surface area contributed by atoms with Crippen LogP contribution in [0.2, 0.25) is 0 Å². The lowest BCUT2D eigenvalue weighted by molar-refractivity contribution is 0.0650. The second-order valence-electron chi connectivity index (χ2n) is 9.81. The number of hydrogen-bond donors (Lipinski definition) is 0. The summed E-state index contributed by atoms with van der Waals surface area (Å²) in [6.45, 7) is 9.68. The molecular formula is C24H39N5OS. The smallest absolute Gasteiger partial charge is 0.274 e. The van der Waals surface area contributed by atoms with Gasteiger partial charge in [0.15, 0.2) is 5.69 Å². The molecule has 1 aromatic rings. The van der Waals surface area contributed by atoms with E-state index < -0.39 is 0 Å². The Kier molecular flexibility index (Phi) is 6.91. The third-order valence-electron chi connectivity index (χ3n) is 7.96. The highest BCUT2D eigenvalue weighted by molar-refractivity contribution is 7.99. The number of aromatic nitrogens is 2. The van der Waals surface area contributed by atoms with Gasteiger partial charge in [-0.15, -0.1) is 0 Å². The predicted molar refractivity (Wildman–Crippen MR) is 127 cm³/mol. The highest BCUT2D eigenvalue weighted by Crippen LogP contribution is 2.31. The topological polar surface area (TPSA) is 44.6 Å². The van der Waals surface area contributed by atoms with E-state index in [1.807, 2.05) is 16.7 Å². The first kappa shape index (κ1) is 21.8. The van der Waals surface area contributed by atoms with Crippen LogP contribution in [0, 0.1) is 0 Å². The van der Waals surface area contributed by atoms with Gasteiger partial charge >= 0.3 is 0 Å². The van der Waals surface area contributed by atoms with Crippen LogP contribution in [-0.4, -0.2) is 93.2 Å². The first-order valence-electron chi connectivity index (χ1n) is 12.7. The second-order valence-corrected chi connectivity index (χ2v) is 11.0. The molecule has 31 heavy (non-hydrogen) atoms. The molecule has 3 fully saturated rings. The summed E-state index contributed by atoms with van der Waals surface area (Å²) in [7, 11) is 0. The fourth-order valence-electron chi connectivity index (χ4n) is 6.20. The lowest BCUT2D eigenvalue weighted by Gasteiger charge is -2.42. The van der Waals surface area contributed by atoms with Crippen molar-refractivity contribution in [3.05, 3.63) is 17.0 Å². The van der Waals surface area contributed by atoms with E-state index >= 15 is 0 Å². The van der Waals surface area contributed by atoms with E-state index in [0.29, 0.717) is 6.04 Å². The lowest BCUT2D eigenvalue weighted by Crippen LogP contribution is -2.53. The quantitative estimate of drug-likeness (QED) is 0.697. The second kappa shape index (κ2) is 9.84. The SMILES string of the molecule is CCCn1nc(C(=O)N2CCSCC2)c2c1CCC(N1CCN(C3CCCC3)CC1)C2. The van der Waals surface area contributed by atoms with E-state index in [9.17, 15) is 4.79 Å². The molecule has 0 bridgehead atoms. The average molecular weight is 446 g/mol. The lowest BCUT2D eigenvalue weighted by atomic mass is 9.89. The van der Waals surface area contributed by atoms with Gasteiger partial charge in [0.05, 0.1) is 0 Å². The highest BCUT2D eigenvalue weighted by Gasteiger charge is 2.35. The summed E-state index contributed by atoms with van der Waals surface area (Å²) in [5, 5.41) is 4.89.